The lowest BCUT2D eigenvalue weighted by atomic mass is 9.71. The molecular formula is C35H33N5O7. The SMILES string of the molecule is COc1ccc(-n2nc(C)c3c2C=C2Oc4c(-c5ccc6c(=O)[nH]c(=O)n(CCC(C)C)c6n5)c(O)c(C)c(O)c4[C@@]2(C)C3=O)cc1. The van der Waals surface area contributed by atoms with E-state index < -0.39 is 16.7 Å². The number of rotatable bonds is 6. The average Bonchev–Trinajstić information content (AvgIpc) is 3.53. The first-order chi connectivity index (χ1) is 22.4. The molecule has 7 rings (SSSR count). The number of hydrogen-bond acceptors (Lipinski definition) is 9. The van der Waals surface area contributed by atoms with Crippen LogP contribution >= 0.6 is 0 Å². The van der Waals surface area contributed by atoms with Crippen LogP contribution in [0.15, 0.2) is 51.7 Å². The first-order valence-electron chi connectivity index (χ1n) is 15.3. The maximum atomic E-state index is 14.5. The van der Waals surface area contributed by atoms with Gasteiger partial charge in [0.1, 0.15) is 39.8 Å². The van der Waals surface area contributed by atoms with Crippen LogP contribution in [0.1, 0.15) is 60.1 Å². The summed E-state index contributed by atoms with van der Waals surface area (Å²) in [6.07, 6.45) is 2.39. The van der Waals surface area contributed by atoms with Crippen molar-refractivity contribution in [1.29, 1.82) is 0 Å². The molecule has 2 aliphatic rings. The molecule has 240 valence electrons. The third-order valence-electron chi connectivity index (χ3n) is 9.23. The molecule has 3 aromatic heterocycles. The summed E-state index contributed by atoms with van der Waals surface area (Å²) in [7, 11) is 1.58. The molecule has 1 atom stereocenters. The lowest BCUT2D eigenvalue weighted by molar-refractivity contribution is 0.0905. The van der Waals surface area contributed by atoms with Gasteiger partial charge in [0, 0.05) is 18.2 Å². The molecule has 0 saturated heterocycles. The number of aromatic amines is 1. The fraction of sp³-hybridized carbons (Fsp3) is 0.286. The number of aryl methyl sites for hydroxylation is 2. The van der Waals surface area contributed by atoms with E-state index in [0.717, 1.165) is 0 Å². The number of phenols is 2. The number of phenolic OH excluding ortho intramolecular Hbond substituents is 2. The van der Waals surface area contributed by atoms with E-state index in [0.29, 0.717) is 41.4 Å². The predicted octanol–water partition coefficient (Wildman–Crippen LogP) is 4.91. The van der Waals surface area contributed by atoms with Crippen molar-refractivity contribution in [2.45, 2.75) is 53.0 Å². The minimum absolute atomic E-state index is 0.0623. The van der Waals surface area contributed by atoms with Crippen LogP contribution in [0.25, 0.3) is 34.1 Å². The van der Waals surface area contributed by atoms with Gasteiger partial charge in [-0.3, -0.25) is 19.1 Å². The Bertz CT molecular complexity index is 2310. The second-order valence-electron chi connectivity index (χ2n) is 12.6. The number of fused-ring (bicyclic) bond motifs is 5. The van der Waals surface area contributed by atoms with Gasteiger partial charge in [0.25, 0.3) is 5.56 Å². The van der Waals surface area contributed by atoms with Crippen molar-refractivity contribution >= 4 is 22.9 Å². The summed E-state index contributed by atoms with van der Waals surface area (Å²) in [5.41, 5.74) is 0.264. The largest absolute Gasteiger partial charge is 0.507 e. The van der Waals surface area contributed by atoms with Crippen molar-refractivity contribution in [1.82, 2.24) is 24.3 Å². The molecule has 0 fully saturated rings. The third-order valence-corrected chi connectivity index (χ3v) is 9.23. The van der Waals surface area contributed by atoms with Gasteiger partial charge in [-0.1, -0.05) is 13.8 Å². The van der Waals surface area contributed by atoms with Crippen LogP contribution in [-0.4, -0.2) is 47.4 Å². The molecule has 3 N–H and O–H groups in total. The summed E-state index contributed by atoms with van der Waals surface area (Å²) in [6, 6.07) is 10.3. The Morgan fingerprint density at radius 3 is 2.43 bits per heavy atom. The number of pyridine rings is 1. The molecule has 0 saturated carbocycles. The van der Waals surface area contributed by atoms with Crippen molar-refractivity contribution in [3.63, 3.8) is 0 Å². The van der Waals surface area contributed by atoms with E-state index in [2.05, 4.69) is 10.1 Å². The lowest BCUT2D eigenvalue weighted by Crippen LogP contribution is -2.36. The Morgan fingerprint density at radius 2 is 1.74 bits per heavy atom. The number of carbonyl (C=O) groups is 1. The van der Waals surface area contributed by atoms with Crippen LogP contribution in [0.2, 0.25) is 0 Å². The van der Waals surface area contributed by atoms with Gasteiger partial charge in [0.15, 0.2) is 5.78 Å². The van der Waals surface area contributed by atoms with Crippen LogP contribution in [0.5, 0.6) is 23.0 Å². The topological polar surface area (TPSA) is 162 Å². The van der Waals surface area contributed by atoms with Gasteiger partial charge in [-0.15, -0.1) is 0 Å². The predicted molar refractivity (Wildman–Crippen MR) is 175 cm³/mol. The number of aromatic nitrogens is 5. The maximum absolute atomic E-state index is 14.5. The number of carbonyl (C=O) groups excluding carboxylic acids is 1. The van der Waals surface area contributed by atoms with Crippen LogP contribution in [0, 0.1) is 19.8 Å². The minimum Gasteiger partial charge on any atom is -0.507 e. The summed E-state index contributed by atoms with van der Waals surface area (Å²) < 4.78 is 14.8. The molecule has 12 nitrogen and oxygen atoms in total. The number of ketones is 1. The van der Waals surface area contributed by atoms with Crippen molar-refractivity contribution in [3.05, 3.63) is 91.1 Å². The molecular weight excluding hydrogens is 602 g/mol. The van der Waals surface area contributed by atoms with Gasteiger partial charge in [0.2, 0.25) is 0 Å². The number of H-pyrrole nitrogens is 1. The van der Waals surface area contributed by atoms with Crippen molar-refractivity contribution in [2.24, 2.45) is 5.92 Å². The van der Waals surface area contributed by atoms with Crippen LogP contribution in [-0.2, 0) is 12.0 Å². The Balaban J connectivity index is 1.44. The Kier molecular flexibility index (Phi) is 6.67. The first kappa shape index (κ1) is 30.0. The van der Waals surface area contributed by atoms with Gasteiger partial charge >= 0.3 is 5.69 Å². The summed E-state index contributed by atoms with van der Waals surface area (Å²) in [5, 5.41) is 27.8. The minimum atomic E-state index is -1.45. The molecule has 0 bridgehead atoms. The summed E-state index contributed by atoms with van der Waals surface area (Å²) in [6.45, 7) is 9.34. The normalized spacial score (nSPS) is 16.6. The Labute approximate surface area is 268 Å². The summed E-state index contributed by atoms with van der Waals surface area (Å²) in [5.74, 6) is 0.349. The van der Waals surface area contributed by atoms with E-state index in [4.69, 9.17) is 14.5 Å². The number of ether oxygens (including phenoxy) is 2. The molecule has 0 amide bonds. The number of nitrogens with zero attached hydrogens (tertiary/aromatic N) is 4. The van der Waals surface area contributed by atoms with Crippen LogP contribution in [0.4, 0.5) is 0 Å². The van der Waals surface area contributed by atoms with Crippen molar-refractivity contribution < 1.29 is 24.5 Å². The smallest absolute Gasteiger partial charge is 0.329 e. The van der Waals surface area contributed by atoms with Crippen molar-refractivity contribution in [2.75, 3.05) is 7.11 Å². The molecule has 0 spiro atoms. The van der Waals surface area contributed by atoms with E-state index >= 15 is 0 Å². The Morgan fingerprint density at radius 1 is 1.02 bits per heavy atom. The maximum Gasteiger partial charge on any atom is 0.329 e. The summed E-state index contributed by atoms with van der Waals surface area (Å²) >= 11 is 0. The van der Waals surface area contributed by atoms with E-state index in [1.165, 1.54) is 17.6 Å². The number of Topliss-reactive ketones (excluding diaryl/α,β-unsaturated/α-hetero) is 1. The summed E-state index contributed by atoms with van der Waals surface area (Å²) in [4.78, 5) is 47.2. The number of allylic oxidation sites excluding steroid dienone is 1. The number of hydrogen-bond donors (Lipinski definition) is 3. The van der Waals surface area contributed by atoms with Crippen LogP contribution < -0.4 is 20.7 Å². The molecule has 2 aromatic carbocycles. The highest BCUT2D eigenvalue weighted by Gasteiger charge is 2.55. The van der Waals surface area contributed by atoms with Gasteiger partial charge < -0.3 is 19.7 Å². The molecule has 5 aromatic rings. The number of nitrogens with one attached hydrogen (secondary N) is 1. The van der Waals surface area contributed by atoms with Crippen LogP contribution in [0.3, 0.4) is 0 Å². The first-order valence-corrected chi connectivity index (χ1v) is 15.3. The fourth-order valence-corrected chi connectivity index (χ4v) is 6.51. The molecule has 1 aliphatic heterocycles. The zero-order valence-corrected chi connectivity index (χ0v) is 26.8. The van der Waals surface area contributed by atoms with Crippen molar-refractivity contribution in [3.8, 4) is 39.9 Å². The highest BCUT2D eigenvalue weighted by molar-refractivity contribution is 6.14. The molecule has 0 unspecified atom stereocenters. The quantitative estimate of drug-likeness (QED) is 0.235. The molecule has 47 heavy (non-hydrogen) atoms. The lowest BCUT2D eigenvalue weighted by Gasteiger charge is -2.27. The molecule has 0 radical (unpaired) electrons. The standard InChI is InChI=1S/C35H33N5O7/c1-16(2)13-14-39-32-21(33(44)37-34(39)45)11-12-22(36-32)26-28(41)17(3)29(42)27-30(26)47-24-15-23-25(31(43)35(24,27)5)18(4)38-40(23)19-7-9-20(46-6)10-8-19/h7-12,15-16,41-42H,13-14H2,1-6H3,(H,37,44,45)/t35-/m0/s1. The van der Waals surface area contributed by atoms with E-state index in [1.807, 2.05) is 26.0 Å². The zero-order valence-electron chi connectivity index (χ0n) is 26.8. The highest BCUT2D eigenvalue weighted by atomic mass is 16.5. The van der Waals surface area contributed by atoms with E-state index in [9.17, 15) is 24.6 Å². The zero-order chi connectivity index (χ0) is 33.5. The molecule has 12 heteroatoms. The Hall–Kier alpha value is -5.65. The number of benzene rings is 2. The fourth-order valence-electron chi connectivity index (χ4n) is 6.51. The second kappa shape index (κ2) is 10.4. The van der Waals surface area contributed by atoms with E-state index in [1.54, 1.807) is 49.9 Å². The third kappa shape index (κ3) is 4.24. The number of methoxy groups -OCH3 is 1. The average molecular weight is 636 g/mol. The molecule has 1 aliphatic carbocycles. The number of aromatic hydroxyl groups is 2. The van der Waals surface area contributed by atoms with E-state index in [-0.39, 0.29) is 68.1 Å². The monoisotopic (exact) mass is 635 g/mol. The van der Waals surface area contributed by atoms with Gasteiger partial charge in [-0.25, -0.2) is 14.5 Å². The van der Waals surface area contributed by atoms with Gasteiger partial charge in [-0.05, 0) is 69.5 Å². The molecule has 4 heterocycles. The van der Waals surface area contributed by atoms with Gasteiger partial charge in [-0.2, -0.15) is 5.10 Å². The second-order valence-corrected chi connectivity index (χ2v) is 12.6. The highest BCUT2D eigenvalue weighted by Crippen LogP contribution is 2.60. The van der Waals surface area contributed by atoms with Gasteiger partial charge in [0.05, 0.1) is 52.0 Å².